The Balaban J connectivity index is 1.99. The van der Waals surface area contributed by atoms with Crippen molar-refractivity contribution in [2.75, 3.05) is 6.54 Å². The monoisotopic (exact) mass is 306 g/mol. The number of rotatable bonds is 3. The topological polar surface area (TPSA) is 41.5 Å². The van der Waals surface area contributed by atoms with E-state index >= 15 is 0 Å². The Morgan fingerprint density at radius 1 is 1.35 bits per heavy atom. The number of allylic oxidation sites excluding steroid dienone is 1. The molecule has 1 aromatic rings. The number of nitrogens with one attached hydrogen (secondary N) is 1. The lowest BCUT2D eigenvalue weighted by atomic mass is 9.96. The summed E-state index contributed by atoms with van der Waals surface area (Å²) in [7, 11) is 0. The van der Waals surface area contributed by atoms with Crippen LogP contribution in [0, 0.1) is 5.92 Å². The van der Waals surface area contributed by atoms with Crippen LogP contribution in [0.2, 0.25) is 5.02 Å². The molecular formula is C15H15ClN2OS. The lowest BCUT2D eigenvalue weighted by molar-refractivity contribution is 0.0952. The van der Waals surface area contributed by atoms with Crippen LogP contribution in [-0.2, 0) is 0 Å². The summed E-state index contributed by atoms with van der Waals surface area (Å²) < 4.78 is 0. The van der Waals surface area contributed by atoms with Gasteiger partial charge in [0.2, 0.25) is 0 Å². The molecule has 1 aliphatic rings. The van der Waals surface area contributed by atoms with Crippen LogP contribution in [0.4, 0.5) is 0 Å². The van der Waals surface area contributed by atoms with Crippen molar-refractivity contribution in [3.63, 3.8) is 0 Å². The maximum Gasteiger partial charge on any atom is 0.251 e. The van der Waals surface area contributed by atoms with Crippen LogP contribution >= 0.6 is 23.8 Å². The molecule has 0 saturated carbocycles. The lowest BCUT2D eigenvalue weighted by Crippen LogP contribution is -2.34. The number of benzene rings is 1. The average Bonchev–Trinajstić information content (AvgIpc) is 2.38. The predicted octanol–water partition coefficient (Wildman–Crippen LogP) is 3.43. The second-order valence-corrected chi connectivity index (χ2v) is 5.60. The Kier molecular flexibility index (Phi) is 4.68. The molecule has 1 unspecified atom stereocenters. The molecule has 20 heavy (non-hydrogen) atoms. The highest BCUT2D eigenvalue weighted by Gasteiger charge is 2.20. The van der Waals surface area contributed by atoms with Crippen LogP contribution in [0.1, 0.15) is 24.2 Å². The van der Waals surface area contributed by atoms with Gasteiger partial charge in [-0.05, 0) is 44.2 Å². The number of dihydropyridines is 1. The first-order valence-electron chi connectivity index (χ1n) is 6.28. The SMILES string of the molecule is CC1=CC(C)=NC(=S)C1CNC(=O)c1ccc(Cl)cc1. The average molecular weight is 307 g/mol. The Morgan fingerprint density at radius 2 is 2.00 bits per heavy atom. The van der Waals surface area contributed by atoms with E-state index in [1.807, 2.05) is 19.9 Å². The van der Waals surface area contributed by atoms with Crippen LogP contribution in [0.25, 0.3) is 0 Å². The molecule has 1 N–H and O–H groups in total. The number of nitrogens with zero attached hydrogens (tertiary/aromatic N) is 1. The fourth-order valence-electron chi connectivity index (χ4n) is 2.06. The largest absolute Gasteiger partial charge is 0.351 e. The molecule has 0 radical (unpaired) electrons. The molecule has 0 saturated heterocycles. The maximum atomic E-state index is 12.0. The third kappa shape index (κ3) is 3.52. The summed E-state index contributed by atoms with van der Waals surface area (Å²) >= 11 is 11.1. The van der Waals surface area contributed by atoms with Crippen LogP contribution in [0.3, 0.4) is 0 Å². The molecule has 0 bridgehead atoms. The Labute approximate surface area is 128 Å². The lowest BCUT2D eigenvalue weighted by Gasteiger charge is -2.21. The van der Waals surface area contributed by atoms with Crippen molar-refractivity contribution in [3.8, 4) is 0 Å². The van der Waals surface area contributed by atoms with Gasteiger partial charge in [-0.1, -0.05) is 29.4 Å². The van der Waals surface area contributed by atoms with E-state index < -0.39 is 0 Å². The van der Waals surface area contributed by atoms with Crippen molar-refractivity contribution in [2.45, 2.75) is 13.8 Å². The fourth-order valence-corrected chi connectivity index (χ4v) is 2.59. The van der Waals surface area contributed by atoms with Gasteiger partial charge < -0.3 is 5.32 Å². The van der Waals surface area contributed by atoms with Gasteiger partial charge in [-0.3, -0.25) is 4.79 Å². The summed E-state index contributed by atoms with van der Waals surface area (Å²) in [6.07, 6.45) is 1.99. The van der Waals surface area contributed by atoms with Gasteiger partial charge in [0, 0.05) is 22.8 Å². The highest BCUT2D eigenvalue weighted by Crippen LogP contribution is 2.18. The van der Waals surface area contributed by atoms with E-state index in [1.165, 1.54) is 0 Å². The normalized spacial score (nSPS) is 18.4. The third-order valence-electron chi connectivity index (χ3n) is 3.14. The quantitative estimate of drug-likeness (QED) is 0.869. The number of aliphatic imine (C=N–C) groups is 1. The fraction of sp³-hybridized carbons (Fsp3) is 0.267. The van der Waals surface area contributed by atoms with Crippen molar-refractivity contribution in [3.05, 3.63) is 46.5 Å². The number of hydrogen-bond acceptors (Lipinski definition) is 2. The van der Waals surface area contributed by atoms with E-state index in [0.717, 1.165) is 11.3 Å². The maximum absolute atomic E-state index is 12.0. The number of carbonyl (C=O) groups is 1. The molecule has 1 amide bonds. The van der Waals surface area contributed by atoms with Gasteiger partial charge in [-0.15, -0.1) is 0 Å². The van der Waals surface area contributed by atoms with E-state index in [1.54, 1.807) is 24.3 Å². The Bertz CT molecular complexity index is 605. The molecule has 0 aromatic heterocycles. The highest BCUT2D eigenvalue weighted by atomic mass is 35.5. The van der Waals surface area contributed by atoms with Crippen LogP contribution in [0.15, 0.2) is 40.9 Å². The molecule has 0 spiro atoms. The van der Waals surface area contributed by atoms with E-state index in [-0.39, 0.29) is 11.8 Å². The van der Waals surface area contributed by atoms with Gasteiger partial charge >= 0.3 is 0 Å². The van der Waals surface area contributed by atoms with Gasteiger partial charge in [0.05, 0.1) is 5.92 Å². The van der Waals surface area contributed by atoms with E-state index in [2.05, 4.69) is 10.3 Å². The van der Waals surface area contributed by atoms with E-state index in [9.17, 15) is 4.79 Å². The zero-order chi connectivity index (χ0) is 14.7. The molecule has 1 atom stereocenters. The first-order valence-corrected chi connectivity index (χ1v) is 7.07. The Morgan fingerprint density at radius 3 is 2.60 bits per heavy atom. The molecular weight excluding hydrogens is 292 g/mol. The summed E-state index contributed by atoms with van der Waals surface area (Å²) in [4.78, 5) is 16.9. The molecule has 1 aliphatic heterocycles. The van der Waals surface area contributed by atoms with Gasteiger partial charge in [0.1, 0.15) is 4.99 Å². The van der Waals surface area contributed by atoms with Crippen molar-refractivity contribution in [1.82, 2.24) is 5.32 Å². The molecule has 0 aliphatic carbocycles. The molecule has 1 heterocycles. The first-order chi connectivity index (χ1) is 9.47. The summed E-state index contributed by atoms with van der Waals surface area (Å²) in [5, 5.41) is 3.49. The molecule has 1 aromatic carbocycles. The summed E-state index contributed by atoms with van der Waals surface area (Å²) in [6.45, 7) is 4.38. The standard InChI is InChI=1S/C15H15ClN2OS/c1-9-7-10(2)18-15(20)13(9)8-17-14(19)11-3-5-12(16)6-4-11/h3-7,13H,8H2,1-2H3,(H,17,19). The number of amides is 1. The van der Waals surface area contributed by atoms with Crippen molar-refractivity contribution in [2.24, 2.45) is 10.9 Å². The summed E-state index contributed by atoms with van der Waals surface area (Å²) in [5.41, 5.74) is 2.61. The third-order valence-corrected chi connectivity index (χ3v) is 3.77. The van der Waals surface area contributed by atoms with Crippen LogP contribution < -0.4 is 5.32 Å². The Hall–Kier alpha value is -1.52. The van der Waals surface area contributed by atoms with Crippen molar-refractivity contribution >= 4 is 40.4 Å². The second-order valence-electron chi connectivity index (χ2n) is 4.75. The molecule has 104 valence electrons. The van der Waals surface area contributed by atoms with Crippen LogP contribution in [0.5, 0.6) is 0 Å². The number of halogens is 1. The minimum atomic E-state index is -0.136. The zero-order valence-electron chi connectivity index (χ0n) is 11.3. The predicted molar refractivity (Wildman–Crippen MR) is 86.7 cm³/mol. The van der Waals surface area contributed by atoms with E-state index in [0.29, 0.717) is 22.1 Å². The summed E-state index contributed by atoms with van der Waals surface area (Å²) in [5.74, 6) is -0.145. The smallest absolute Gasteiger partial charge is 0.251 e. The number of thiocarbonyl (C=S) groups is 1. The van der Waals surface area contributed by atoms with Crippen LogP contribution in [-0.4, -0.2) is 23.2 Å². The zero-order valence-corrected chi connectivity index (χ0v) is 12.9. The number of carbonyl (C=O) groups excluding carboxylic acids is 1. The first kappa shape index (κ1) is 14.9. The van der Waals surface area contributed by atoms with Gasteiger partial charge in [-0.2, -0.15) is 0 Å². The molecule has 2 rings (SSSR count). The van der Waals surface area contributed by atoms with Crippen molar-refractivity contribution in [1.29, 1.82) is 0 Å². The van der Waals surface area contributed by atoms with E-state index in [4.69, 9.17) is 23.8 Å². The minimum Gasteiger partial charge on any atom is -0.351 e. The second kappa shape index (κ2) is 6.29. The van der Waals surface area contributed by atoms with Gasteiger partial charge in [-0.25, -0.2) is 4.99 Å². The number of hydrogen-bond donors (Lipinski definition) is 1. The summed E-state index contributed by atoms with van der Waals surface area (Å²) in [6, 6.07) is 6.78. The molecule has 5 heteroatoms. The van der Waals surface area contributed by atoms with Gasteiger partial charge in [0.25, 0.3) is 5.91 Å². The van der Waals surface area contributed by atoms with Gasteiger partial charge in [0.15, 0.2) is 0 Å². The molecule has 3 nitrogen and oxygen atoms in total. The minimum absolute atomic E-state index is 0.00931. The molecule has 0 fully saturated rings. The van der Waals surface area contributed by atoms with Crippen molar-refractivity contribution < 1.29 is 4.79 Å². The highest BCUT2D eigenvalue weighted by molar-refractivity contribution is 7.80.